The van der Waals surface area contributed by atoms with Crippen LogP contribution in [0.4, 0.5) is 5.69 Å². The van der Waals surface area contributed by atoms with Gasteiger partial charge < -0.3 is 5.32 Å². The molecule has 2 aromatic carbocycles. The van der Waals surface area contributed by atoms with Crippen LogP contribution in [-0.4, -0.2) is 0 Å². The first-order chi connectivity index (χ1) is 8.58. The zero-order valence-corrected chi connectivity index (χ0v) is 13.7. The third-order valence-electron chi connectivity index (χ3n) is 2.60. The molecule has 0 aromatic heterocycles. The van der Waals surface area contributed by atoms with Crippen LogP contribution in [0.25, 0.3) is 0 Å². The van der Waals surface area contributed by atoms with Crippen LogP contribution in [0.2, 0.25) is 5.02 Å². The molecule has 2 aromatic rings. The summed E-state index contributed by atoms with van der Waals surface area (Å²) in [6.07, 6.45) is 0. The van der Waals surface area contributed by atoms with Crippen LogP contribution in [-0.2, 0) is 6.54 Å². The van der Waals surface area contributed by atoms with Gasteiger partial charge in [0.1, 0.15) is 0 Å². The van der Waals surface area contributed by atoms with Crippen molar-refractivity contribution in [2.45, 2.75) is 13.5 Å². The number of halogens is 3. The molecule has 94 valence electrons. The lowest BCUT2D eigenvalue weighted by Crippen LogP contribution is -2.01. The zero-order valence-electron chi connectivity index (χ0n) is 9.81. The van der Waals surface area contributed by atoms with Gasteiger partial charge in [-0.25, -0.2) is 0 Å². The normalized spacial score (nSPS) is 10.4. The van der Waals surface area contributed by atoms with Gasteiger partial charge in [0.25, 0.3) is 0 Å². The number of nitrogens with one attached hydrogen (secondary N) is 1. The van der Waals surface area contributed by atoms with Crippen LogP contribution in [0.5, 0.6) is 0 Å². The molecule has 0 saturated carbocycles. The third kappa shape index (κ3) is 3.28. The summed E-state index contributed by atoms with van der Waals surface area (Å²) in [5.74, 6) is 0. The Morgan fingerprint density at radius 2 is 1.72 bits per heavy atom. The van der Waals surface area contributed by atoms with Gasteiger partial charge in [-0.2, -0.15) is 0 Å². The molecule has 0 radical (unpaired) electrons. The fourth-order valence-electron chi connectivity index (χ4n) is 1.69. The molecule has 2 rings (SSSR count). The molecule has 1 N–H and O–H groups in total. The van der Waals surface area contributed by atoms with E-state index >= 15 is 0 Å². The van der Waals surface area contributed by atoms with Crippen molar-refractivity contribution >= 4 is 49.1 Å². The Morgan fingerprint density at radius 1 is 1.11 bits per heavy atom. The fourth-order valence-corrected chi connectivity index (χ4v) is 3.59. The maximum atomic E-state index is 6.13. The number of anilines is 1. The van der Waals surface area contributed by atoms with Crippen LogP contribution in [0, 0.1) is 6.92 Å². The number of hydrogen-bond donors (Lipinski definition) is 1. The highest BCUT2D eigenvalue weighted by atomic mass is 79.9. The van der Waals surface area contributed by atoms with Crippen molar-refractivity contribution < 1.29 is 0 Å². The summed E-state index contributed by atoms with van der Waals surface area (Å²) in [6.45, 7) is 2.76. The predicted octanol–water partition coefficient (Wildman–Crippen LogP) is 5.79. The molecule has 0 aliphatic carbocycles. The summed E-state index contributed by atoms with van der Waals surface area (Å²) in [6, 6.07) is 12.0. The van der Waals surface area contributed by atoms with Gasteiger partial charge in [-0.3, -0.25) is 0 Å². The van der Waals surface area contributed by atoms with E-state index in [1.165, 1.54) is 5.56 Å². The Labute approximate surface area is 129 Å². The molecular weight excluding hydrogens is 377 g/mol. The van der Waals surface area contributed by atoms with Crippen molar-refractivity contribution in [1.82, 2.24) is 0 Å². The summed E-state index contributed by atoms with van der Waals surface area (Å²) >= 11 is 13.3. The summed E-state index contributed by atoms with van der Waals surface area (Å²) in [5.41, 5.74) is 3.33. The van der Waals surface area contributed by atoms with Crippen LogP contribution >= 0.6 is 43.5 Å². The molecular formula is C14H12Br2ClN. The van der Waals surface area contributed by atoms with E-state index in [0.29, 0.717) is 6.54 Å². The van der Waals surface area contributed by atoms with Gasteiger partial charge in [0.2, 0.25) is 0 Å². The minimum atomic E-state index is 0.694. The molecule has 1 nitrogen and oxygen atoms in total. The number of benzene rings is 2. The first-order valence-electron chi connectivity index (χ1n) is 5.51. The van der Waals surface area contributed by atoms with Crippen molar-refractivity contribution in [2.24, 2.45) is 0 Å². The lowest BCUT2D eigenvalue weighted by molar-refractivity contribution is 1.14. The van der Waals surface area contributed by atoms with Crippen molar-refractivity contribution in [3.05, 3.63) is 61.5 Å². The van der Waals surface area contributed by atoms with Gasteiger partial charge in [-0.1, -0.05) is 29.8 Å². The van der Waals surface area contributed by atoms with Crippen LogP contribution < -0.4 is 5.32 Å². The average Bonchev–Trinajstić information content (AvgIpc) is 2.30. The lowest BCUT2D eigenvalue weighted by atomic mass is 10.2. The summed E-state index contributed by atoms with van der Waals surface area (Å²) in [5, 5.41) is 4.17. The monoisotopic (exact) mass is 387 g/mol. The summed E-state index contributed by atoms with van der Waals surface area (Å²) in [4.78, 5) is 0. The second-order valence-electron chi connectivity index (χ2n) is 4.05. The summed E-state index contributed by atoms with van der Waals surface area (Å²) < 4.78 is 2.09. The van der Waals surface area contributed by atoms with E-state index < -0.39 is 0 Å². The molecule has 0 aliphatic heterocycles. The van der Waals surface area contributed by atoms with E-state index in [4.69, 9.17) is 11.6 Å². The van der Waals surface area contributed by atoms with Crippen LogP contribution in [0.15, 0.2) is 45.3 Å². The molecule has 0 unspecified atom stereocenters. The quantitative estimate of drug-likeness (QED) is 0.701. The smallest absolute Gasteiger partial charge is 0.0631 e. The Balaban J connectivity index is 2.19. The van der Waals surface area contributed by atoms with Crippen molar-refractivity contribution in [1.29, 1.82) is 0 Å². The molecule has 0 aliphatic rings. The topological polar surface area (TPSA) is 12.0 Å². The standard InChI is InChI=1S/C14H12Br2ClN/c1-9-6-11(15)14(12(16)7-9)18-8-10-4-2-3-5-13(10)17/h2-7,18H,8H2,1H3. The highest BCUT2D eigenvalue weighted by Crippen LogP contribution is 2.33. The van der Waals surface area contributed by atoms with Crippen molar-refractivity contribution in [3.63, 3.8) is 0 Å². The maximum Gasteiger partial charge on any atom is 0.0631 e. The predicted molar refractivity (Wildman–Crippen MR) is 85.4 cm³/mol. The SMILES string of the molecule is Cc1cc(Br)c(NCc2ccccc2Cl)c(Br)c1. The average molecular weight is 390 g/mol. The van der Waals surface area contributed by atoms with Gasteiger partial charge in [0, 0.05) is 20.5 Å². The first-order valence-corrected chi connectivity index (χ1v) is 7.47. The van der Waals surface area contributed by atoms with E-state index in [0.717, 1.165) is 25.2 Å². The maximum absolute atomic E-state index is 6.13. The Morgan fingerprint density at radius 3 is 2.33 bits per heavy atom. The molecule has 18 heavy (non-hydrogen) atoms. The van der Waals surface area contributed by atoms with Crippen molar-refractivity contribution in [3.8, 4) is 0 Å². The molecule has 4 heteroatoms. The Bertz CT molecular complexity index is 546. The van der Waals surface area contributed by atoms with Gasteiger partial charge in [0.05, 0.1) is 5.69 Å². The van der Waals surface area contributed by atoms with Gasteiger partial charge in [-0.05, 0) is 68.1 Å². The number of hydrogen-bond acceptors (Lipinski definition) is 1. The van der Waals surface area contributed by atoms with Gasteiger partial charge in [-0.15, -0.1) is 0 Å². The summed E-state index contributed by atoms with van der Waals surface area (Å²) in [7, 11) is 0. The highest BCUT2D eigenvalue weighted by molar-refractivity contribution is 9.11. The Hall–Kier alpha value is -0.510. The lowest BCUT2D eigenvalue weighted by Gasteiger charge is -2.12. The number of aryl methyl sites for hydroxylation is 1. The van der Waals surface area contributed by atoms with E-state index in [1.54, 1.807) is 0 Å². The van der Waals surface area contributed by atoms with Crippen LogP contribution in [0.3, 0.4) is 0 Å². The molecule has 0 atom stereocenters. The van der Waals surface area contributed by atoms with E-state index in [9.17, 15) is 0 Å². The minimum Gasteiger partial charge on any atom is -0.379 e. The van der Waals surface area contributed by atoms with E-state index in [2.05, 4.69) is 56.2 Å². The Kier molecular flexibility index (Phi) is 4.71. The minimum absolute atomic E-state index is 0.694. The van der Waals surface area contributed by atoms with E-state index in [1.807, 2.05) is 24.3 Å². The molecule has 0 saturated heterocycles. The second kappa shape index (κ2) is 6.09. The van der Waals surface area contributed by atoms with Gasteiger partial charge in [0.15, 0.2) is 0 Å². The molecule has 0 heterocycles. The second-order valence-corrected chi connectivity index (χ2v) is 6.16. The molecule has 0 spiro atoms. The fraction of sp³-hybridized carbons (Fsp3) is 0.143. The van der Waals surface area contributed by atoms with Crippen molar-refractivity contribution in [2.75, 3.05) is 5.32 Å². The van der Waals surface area contributed by atoms with Crippen LogP contribution in [0.1, 0.15) is 11.1 Å². The molecule has 0 fully saturated rings. The highest BCUT2D eigenvalue weighted by Gasteiger charge is 2.06. The third-order valence-corrected chi connectivity index (χ3v) is 4.22. The van der Waals surface area contributed by atoms with E-state index in [-0.39, 0.29) is 0 Å². The largest absolute Gasteiger partial charge is 0.379 e. The zero-order chi connectivity index (χ0) is 13.1. The first kappa shape index (κ1) is 13.9. The molecule has 0 amide bonds. The molecule has 0 bridgehead atoms. The van der Waals surface area contributed by atoms with Gasteiger partial charge >= 0.3 is 0 Å². The number of rotatable bonds is 3.